The van der Waals surface area contributed by atoms with Gasteiger partial charge in [0.1, 0.15) is 18.2 Å². The molecule has 0 aromatic carbocycles. The summed E-state index contributed by atoms with van der Waals surface area (Å²) in [5, 5.41) is 16.4. The van der Waals surface area contributed by atoms with E-state index >= 15 is 0 Å². The molecule has 4 N–H and O–H groups in total. The fourth-order valence-corrected chi connectivity index (χ4v) is 8.36. The molecule has 5 aliphatic rings. The van der Waals surface area contributed by atoms with Gasteiger partial charge in [0.25, 0.3) is 0 Å². The quantitative estimate of drug-likeness (QED) is 0.383. The molecule has 7 unspecified atom stereocenters. The summed E-state index contributed by atoms with van der Waals surface area (Å²) < 4.78 is 51.2. The summed E-state index contributed by atoms with van der Waals surface area (Å²) in [4.78, 5) is 2.69. The van der Waals surface area contributed by atoms with E-state index in [-0.39, 0.29) is 43.2 Å². The maximum atomic E-state index is 13.3. The number of piperidine rings is 2. The van der Waals surface area contributed by atoms with Crippen molar-refractivity contribution in [2.75, 3.05) is 26.2 Å². The molecule has 0 radical (unpaired) electrons. The van der Waals surface area contributed by atoms with Gasteiger partial charge in [-0.05, 0) is 90.5 Å². The van der Waals surface area contributed by atoms with Gasteiger partial charge in [-0.1, -0.05) is 11.9 Å². The van der Waals surface area contributed by atoms with E-state index in [2.05, 4.69) is 44.5 Å². The minimum absolute atomic E-state index is 0.0225. The van der Waals surface area contributed by atoms with E-state index in [4.69, 9.17) is 4.74 Å². The molecule has 7 atom stereocenters. The number of hydrogen-bond acceptors (Lipinski definition) is 8. The third-order valence-electron chi connectivity index (χ3n) is 9.93. The molecule has 12 heteroatoms. The van der Waals surface area contributed by atoms with Crippen LogP contribution in [0.2, 0.25) is 0 Å². The smallest absolute Gasteiger partial charge is 0.397 e. The van der Waals surface area contributed by atoms with Gasteiger partial charge in [0.15, 0.2) is 0 Å². The van der Waals surface area contributed by atoms with Gasteiger partial charge in [0, 0.05) is 36.8 Å². The third kappa shape index (κ3) is 6.32. The zero-order valence-corrected chi connectivity index (χ0v) is 24.6. The fourth-order valence-electron chi connectivity index (χ4n) is 7.33. The molecular weight excluding hydrogens is 539 g/mol. The Balaban J connectivity index is 1.14. The van der Waals surface area contributed by atoms with Crippen LogP contribution in [0.15, 0.2) is 12.3 Å². The summed E-state index contributed by atoms with van der Waals surface area (Å²) in [5.74, 6) is 1.39. The molecule has 5 heterocycles. The Kier molecular flexibility index (Phi) is 8.39. The number of fused-ring (bicyclic) bond motifs is 6. The van der Waals surface area contributed by atoms with Crippen LogP contribution in [-0.2, 0) is 0 Å². The van der Waals surface area contributed by atoms with Gasteiger partial charge < -0.3 is 10.1 Å². The van der Waals surface area contributed by atoms with E-state index < -0.39 is 11.6 Å². The summed E-state index contributed by atoms with van der Waals surface area (Å²) >= 11 is 1.84. The Hall–Kier alpha value is -1.05. The van der Waals surface area contributed by atoms with Crippen LogP contribution in [0.5, 0.6) is 5.88 Å². The van der Waals surface area contributed by atoms with Crippen LogP contribution in [0.1, 0.15) is 84.2 Å². The molecule has 5 fully saturated rings. The van der Waals surface area contributed by atoms with E-state index in [1.54, 1.807) is 6.07 Å². The maximum Gasteiger partial charge on any atom is 0.397 e. The summed E-state index contributed by atoms with van der Waals surface area (Å²) in [6, 6.07) is 1.70. The Morgan fingerprint density at radius 3 is 2.75 bits per heavy atom. The van der Waals surface area contributed by atoms with E-state index in [0.29, 0.717) is 23.4 Å². The second-order valence-corrected chi connectivity index (χ2v) is 14.5. The van der Waals surface area contributed by atoms with E-state index in [1.165, 1.54) is 38.5 Å². The molecule has 4 saturated heterocycles. The minimum Gasteiger partial charge on any atom is -0.476 e. The molecular formula is C28H46F3N7OS. The van der Waals surface area contributed by atoms with Crippen molar-refractivity contribution in [1.29, 1.82) is 0 Å². The van der Waals surface area contributed by atoms with Gasteiger partial charge in [-0.2, -0.15) is 13.2 Å². The number of halogens is 3. The van der Waals surface area contributed by atoms with Gasteiger partial charge in [-0.25, -0.2) is 0 Å². The van der Waals surface area contributed by atoms with Gasteiger partial charge in [0.2, 0.25) is 5.88 Å². The van der Waals surface area contributed by atoms with Crippen molar-refractivity contribution in [2.45, 2.75) is 114 Å². The zero-order valence-electron chi connectivity index (χ0n) is 23.8. The number of hydrogen-bond donors (Lipinski definition) is 4. The topological polar surface area (TPSA) is 78.4 Å². The molecule has 8 nitrogen and oxygen atoms in total. The summed E-state index contributed by atoms with van der Waals surface area (Å²) in [6.45, 7) is 7.46. The van der Waals surface area contributed by atoms with Gasteiger partial charge in [0.05, 0.1) is 17.7 Å². The predicted molar refractivity (Wildman–Crippen MR) is 150 cm³/mol. The van der Waals surface area contributed by atoms with Crippen LogP contribution in [0.4, 0.5) is 13.2 Å². The SMILES string of the molecule is CC1(C)CC2CCCNC3CCCC(N3)SNCC3CCC(n4ccc(OCC5(C(F)(F)F)CC5)n4)NC3N1C2. The van der Waals surface area contributed by atoms with Crippen molar-refractivity contribution in [1.82, 2.24) is 35.4 Å². The lowest BCUT2D eigenvalue weighted by Crippen LogP contribution is -2.60. The summed E-state index contributed by atoms with van der Waals surface area (Å²) in [7, 11) is 0. The lowest BCUT2D eigenvalue weighted by atomic mass is 9.90. The normalized spacial score (nSPS) is 38.1. The van der Waals surface area contributed by atoms with E-state index in [9.17, 15) is 13.2 Å². The zero-order chi connectivity index (χ0) is 28.0. The van der Waals surface area contributed by atoms with Gasteiger partial charge in [-0.3, -0.25) is 24.9 Å². The second-order valence-electron chi connectivity index (χ2n) is 13.4. The lowest BCUT2D eigenvalue weighted by Gasteiger charge is -2.47. The monoisotopic (exact) mass is 585 g/mol. The first-order chi connectivity index (χ1) is 19.1. The van der Waals surface area contributed by atoms with E-state index in [1.807, 2.05) is 22.8 Å². The maximum absolute atomic E-state index is 13.3. The van der Waals surface area contributed by atoms with Crippen LogP contribution in [-0.4, -0.2) is 70.3 Å². The number of nitrogens with zero attached hydrogens (tertiary/aromatic N) is 3. The molecule has 4 bridgehead atoms. The van der Waals surface area contributed by atoms with Crippen molar-refractivity contribution in [3.05, 3.63) is 12.3 Å². The van der Waals surface area contributed by atoms with Crippen molar-refractivity contribution in [2.24, 2.45) is 17.3 Å². The largest absolute Gasteiger partial charge is 0.476 e. The average molecular weight is 586 g/mol. The number of rotatable bonds is 4. The standard InChI is InChI=1S/C28H46F3N7OS/c1-26(2)15-19-5-4-13-32-21-6-3-7-24(34-21)40-33-16-20-8-9-22(35-25(20)37(26)17-19)38-14-10-23(36-38)39-18-27(11-12-27)28(29,30)31/h10,14,19-22,24-25,32-35H,3-9,11-13,15-18H2,1-2H3. The van der Waals surface area contributed by atoms with Crippen molar-refractivity contribution >= 4 is 11.9 Å². The predicted octanol–water partition coefficient (Wildman–Crippen LogP) is 4.58. The number of nitrogens with one attached hydrogen (secondary N) is 4. The highest BCUT2D eigenvalue weighted by molar-refractivity contribution is 7.98. The molecule has 226 valence electrons. The highest BCUT2D eigenvalue weighted by Gasteiger charge is 2.64. The number of alkyl halides is 3. The van der Waals surface area contributed by atoms with Crippen molar-refractivity contribution in [3.8, 4) is 5.88 Å². The van der Waals surface area contributed by atoms with Gasteiger partial charge in [-0.15, -0.1) is 5.10 Å². The van der Waals surface area contributed by atoms with Crippen LogP contribution < -0.4 is 25.4 Å². The van der Waals surface area contributed by atoms with Crippen LogP contribution in [0, 0.1) is 17.3 Å². The molecule has 1 aromatic rings. The Labute approximate surface area is 240 Å². The van der Waals surface area contributed by atoms with Crippen LogP contribution in [0.3, 0.4) is 0 Å². The molecule has 0 amide bonds. The first kappa shape index (κ1) is 29.0. The highest BCUT2D eigenvalue weighted by Crippen LogP contribution is 2.57. The molecule has 0 spiro atoms. The molecule has 40 heavy (non-hydrogen) atoms. The van der Waals surface area contributed by atoms with Crippen LogP contribution in [0.25, 0.3) is 0 Å². The molecule has 6 rings (SSSR count). The first-order valence-electron chi connectivity index (χ1n) is 15.3. The van der Waals surface area contributed by atoms with E-state index in [0.717, 1.165) is 32.5 Å². The molecule has 1 saturated carbocycles. The molecule has 1 aromatic heterocycles. The Morgan fingerprint density at radius 1 is 1.10 bits per heavy atom. The number of ether oxygens (including phenoxy) is 1. The average Bonchev–Trinajstić information content (AvgIpc) is 3.47. The van der Waals surface area contributed by atoms with Crippen molar-refractivity contribution in [3.63, 3.8) is 0 Å². The highest BCUT2D eigenvalue weighted by atomic mass is 32.2. The Bertz CT molecular complexity index is 1000. The lowest BCUT2D eigenvalue weighted by molar-refractivity contribution is -0.194. The minimum atomic E-state index is -4.22. The molecule has 1 aliphatic carbocycles. The summed E-state index contributed by atoms with van der Waals surface area (Å²) in [6.07, 6.45) is 7.66. The fraction of sp³-hybridized carbons (Fsp3) is 0.893. The second kappa shape index (κ2) is 11.6. The van der Waals surface area contributed by atoms with Crippen LogP contribution >= 0.6 is 11.9 Å². The Morgan fingerprint density at radius 2 is 1.95 bits per heavy atom. The molecule has 4 aliphatic heterocycles. The third-order valence-corrected chi connectivity index (χ3v) is 10.9. The first-order valence-corrected chi connectivity index (χ1v) is 16.2. The summed E-state index contributed by atoms with van der Waals surface area (Å²) in [5.41, 5.74) is -1.60. The van der Waals surface area contributed by atoms with Crippen molar-refractivity contribution < 1.29 is 17.9 Å². The number of aromatic nitrogens is 2. The van der Waals surface area contributed by atoms with Gasteiger partial charge >= 0.3 is 6.18 Å².